The lowest BCUT2D eigenvalue weighted by Crippen LogP contribution is -1.96. The van der Waals surface area contributed by atoms with Crippen LogP contribution >= 0.6 is 22.7 Å². The summed E-state index contributed by atoms with van der Waals surface area (Å²) in [4.78, 5) is 10.5. The summed E-state index contributed by atoms with van der Waals surface area (Å²) >= 11 is 3.65. The summed E-state index contributed by atoms with van der Waals surface area (Å²) in [7, 11) is 0. The lowest BCUT2D eigenvalue weighted by molar-refractivity contribution is 1.19. The molecule has 4 heteroatoms. The minimum absolute atomic E-state index is 0.727. The summed E-state index contributed by atoms with van der Waals surface area (Å²) in [6.45, 7) is 0. The van der Waals surface area contributed by atoms with E-state index in [1.165, 1.54) is 57.0 Å². The van der Waals surface area contributed by atoms with E-state index < -0.39 is 0 Å². The van der Waals surface area contributed by atoms with Gasteiger partial charge in [-0.1, -0.05) is 127 Å². The van der Waals surface area contributed by atoms with Crippen molar-refractivity contribution >= 4 is 63.0 Å². The zero-order valence-electron chi connectivity index (χ0n) is 26.9. The minimum atomic E-state index is 0.727. The predicted molar refractivity (Wildman–Crippen MR) is 215 cm³/mol. The van der Waals surface area contributed by atoms with E-state index in [9.17, 15) is 0 Å². The molecule has 3 heterocycles. The Morgan fingerprint density at radius 3 is 1.36 bits per heavy atom. The van der Waals surface area contributed by atoms with E-state index >= 15 is 0 Å². The number of hydrogen-bond acceptors (Lipinski definition) is 4. The van der Waals surface area contributed by atoms with Crippen LogP contribution in [0.25, 0.3) is 96.5 Å². The third-order valence-electron chi connectivity index (χ3n) is 9.50. The summed E-state index contributed by atoms with van der Waals surface area (Å²) in [6, 6.07) is 60.8. The van der Waals surface area contributed by atoms with E-state index in [0.717, 1.165) is 39.5 Å². The molecule has 234 valence electrons. The molecule has 0 aliphatic carbocycles. The Balaban J connectivity index is 1.13. The van der Waals surface area contributed by atoms with E-state index in [4.69, 9.17) is 9.97 Å². The van der Waals surface area contributed by atoms with E-state index in [1.54, 1.807) is 0 Å². The highest BCUT2D eigenvalue weighted by atomic mass is 32.1. The van der Waals surface area contributed by atoms with Crippen molar-refractivity contribution in [3.05, 3.63) is 170 Å². The van der Waals surface area contributed by atoms with Crippen molar-refractivity contribution in [1.82, 2.24) is 9.97 Å². The molecule has 0 fully saturated rings. The summed E-state index contributed by atoms with van der Waals surface area (Å²) in [5, 5.41) is 5.14. The van der Waals surface area contributed by atoms with Crippen LogP contribution in [0.1, 0.15) is 0 Å². The molecule has 10 aromatic rings. The van der Waals surface area contributed by atoms with Gasteiger partial charge in [-0.25, -0.2) is 9.97 Å². The lowest BCUT2D eigenvalue weighted by Gasteiger charge is -2.11. The number of benzene rings is 7. The first kappa shape index (κ1) is 29.0. The van der Waals surface area contributed by atoms with Gasteiger partial charge in [0.1, 0.15) is 0 Å². The first-order chi connectivity index (χ1) is 24.7. The van der Waals surface area contributed by atoms with Gasteiger partial charge in [0, 0.05) is 57.0 Å². The van der Waals surface area contributed by atoms with Gasteiger partial charge in [-0.05, 0) is 64.7 Å². The smallest absolute Gasteiger partial charge is 0.160 e. The normalized spacial score (nSPS) is 11.6. The van der Waals surface area contributed by atoms with Crippen molar-refractivity contribution < 1.29 is 0 Å². The largest absolute Gasteiger partial charge is 0.228 e. The molecular formula is C46H28N2S2. The van der Waals surface area contributed by atoms with E-state index in [-0.39, 0.29) is 0 Å². The van der Waals surface area contributed by atoms with Gasteiger partial charge in [0.15, 0.2) is 5.82 Å². The molecule has 2 nitrogen and oxygen atoms in total. The first-order valence-electron chi connectivity index (χ1n) is 16.7. The maximum atomic E-state index is 5.25. The molecule has 0 spiro atoms. The van der Waals surface area contributed by atoms with E-state index in [1.807, 2.05) is 22.7 Å². The average Bonchev–Trinajstić information content (AvgIpc) is 3.76. The van der Waals surface area contributed by atoms with Crippen LogP contribution in [0.3, 0.4) is 0 Å². The molecule has 3 aromatic heterocycles. The molecule has 10 rings (SSSR count). The van der Waals surface area contributed by atoms with Crippen molar-refractivity contribution in [1.29, 1.82) is 0 Å². The number of aromatic nitrogens is 2. The van der Waals surface area contributed by atoms with E-state index in [2.05, 4.69) is 170 Å². The Morgan fingerprint density at radius 2 is 0.720 bits per heavy atom. The molecule has 0 atom stereocenters. The summed E-state index contributed by atoms with van der Waals surface area (Å²) in [5.74, 6) is 0.727. The SMILES string of the molecule is c1ccc(-c2cccc(-c3cccc(-c4cc(-c5ccc6c(c5)sc5ccccc56)nc(-c5ccc6c(c5)sc5ccccc56)n4)c3)c2)cc1. The molecule has 0 saturated carbocycles. The Bertz CT molecular complexity index is 2750. The molecule has 50 heavy (non-hydrogen) atoms. The maximum Gasteiger partial charge on any atom is 0.160 e. The third kappa shape index (κ3) is 5.09. The molecule has 0 aliphatic heterocycles. The molecule has 7 aromatic carbocycles. The average molecular weight is 673 g/mol. The summed E-state index contributed by atoms with van der Waals surface area (Å²) in [5.41, 5.74) is 9.72. The highest BCUT2D eigenvalue weighted by molar-refractivity contribution is 7.26. The second-order valence-electron chi connectivity index (χ2n) is 12.6. The van der Waals surface area contributed by atoms with Crippen molar-refractivity contribution in [3.63, 3.8) is 0 Å². The van der Waals surface area contributed by atoms with Crippen LogP contribution in [0.2, 0.25) is 0 Å². The standard InChI is InChI=1S/C46H28N2S2/c1-2-10-29(11-3-1)30-12-8-13-31(24-30)32-14-9-15-33(25-32)40-28-41(34-20-22-38-36-16-4-6-18-42(36)49-44(38)26-34)48-46(47-40)35-21-23-39-37-17-5-7-19-43(37)50-45(39)27-35/h1-28H. The van der Waals surface area contributed by atoms with Crippen LogP contribution in [0.15, 0.2) is 170 Å². The van der Waals surface area contributed by atoms with Crippen molar-refractivity contribution in [2.24, 2.45) is 0 Å². The van der Waals surface area contributed by atoms with Gasteiger partial charge in [0.25, 0.3) is 0 Å². The second-order valence-corrected chi connectivity index (χ2v) is 14.8. The van der Waals surface area contributed by atoms with Crippen LogP contribution in [-0.4, -0.2) is 9.97 Å². The van der Waals surface area contributed by atoms with Crippen LogP contribution < -0.4 is 0 Å². The monoisotopic (exact) mass is 672 g/mol. The fraction of sp³-hybridized carbons (Fsp3) is 0. The van der Waals surface area contributed by atoms with Gasteiger partial charge in [0.2, 0.25) is 0 Å². The van der Waals surface area contributed by atoms with Crippen molar-refractivity contribution in [3.8, 4) is 56.2 Å². The van der Waals surface area contributed by atoms with Crippen LogP contribution in [0.4, 0.5) is 0 Å². The Hall–Kier alpha value is -5.94. The fourth-order valence-electron chi connectivity index (χ4n) is 6.99. The Morgan fingerprint density at radius 1 is 0.280 bits per heavy atom. The van der Waals surface area contributed by atoms with Crippen LogP contribution in [0.5, 0.6) is 0 Å². The van der Waals surface area contributed by atoms with Crippen LogP contribution in [-0.2, 0) is 0 Å². The third-order valence-corrected chi connectivity index (χ3v) is 11.8. The highest BCUT2D eigenvalue weighted by Crippen LogP contribution is 2.39. The molecular weight excluding hydrogens is 645 g/mol. The van der Waals surface area contributed by atoms with Crippen molar-refractivity contribution in [2.45, 2.75) is 0 Å². The molecule has 0 amide bonds. The number of thiophene rings is 2. The second kappa shape index (κ2) is 11.9. The minimum Gasteiger partial charge on any atom is -0.228 e. The zero-order chi connectivity index (χ0) is 33.0. The number of hydrogen-bond donors (Lipinski definition) is 0. The first-order valence-corrected chi connectivity index (χ1v) is 18.4. The summed E-state index contributed by atoms with van der Waals surface area (Å²) in [6.07, 6.45) is 0. The molecule has 0 N–H and O–H groups in total. The highest BCUT2D eigenvalue weighted by Gasteiger charge is 2.15. The molecule has 0 radical (unpaired) electrons. The van der Waals surface area contributed by atoms with Gasteiger partial charge >= 0.3 is 0 Å². The quantitative estimate of drug-likeness (QED) is 0.182. The van der Waals surface area contributed by atoms with Gasteiger partial charge in [-0.3, -0.25) is 0 Å². The zero-order valence-corrected chi connectivity index (χ0v) is 28.5. The molecule has 0 unspecified atom stereocenters. The predicted octanol–water partition coefficient (Wildman–Crippen LogP) is 13.5. The Labute approximate surface area is 297 Å². The Kier molecular flexibility index (Phi) is 6.90. The topological polar surface area (TPSA) is 25.8 Å². The van der Waals surface area contributed by atoms with Gasteiger partial charge < -0.3 is 0 Å². The lowest BCUT2D eigenvalue weighted by atomic mass is 9.97. The number of nitrogens with zero attached hydrogens (tertiary/aromatic N) is 2. The van der Waals surface area contributed by atoms with Crippen molar-refractivity contribution in [2.75, 3.05) is 0 Å². The van der Waals surface area contributed by atoms with Gasteiger partial charge in [-0.2, -0.15) is 0 Å². The maximum absolute atomic E-state index is 5.25. The van der Waals surface area contributed by atoms with Gasteiger partial charge in [-0.15, -0.1) is 22.7 Å². The molecule has 0 aliphatic rings. The fourth-order valence-corrected chi connectivity index (χ4v) is 9.28. The number of rotatable bonds is 5. The van der Waals surface area contributed by atoms with Crippen LogP contribution in [0, 0.1) is 0 Å². The summed E-state index contributed by atoms with van der Waals surface area (Å²) < 4.78 is 5.09. The number of fused-ring (bicyclic) bond motifs is 6. The van der Waals surface area contributed by atoms with E-state index in [0.29, 0.717) is 0 Å². The van der Waals surface area contributed by atoms with Gasteiger partial charge in [0.05, 0.1) is 11.4 Å². The molecule has 0 saturated heterocycles. The molecule has 0 bridgehead atoms.